The fourth-order valence-corrected chi connectivity index (χ4v) is 6.89. The van der Waals surface area contributed by atoms with Crippen LogP contribution < -0.4 is 0 Å². The van der Waals surface area contributed by atoms with Crippen molar-refractivity contribution in [2.24, 2.45) is 0 Å². The maximum atomic E-state index is 6.03. The van der Waals surface area contributed by atoms with E-state index in [-0.39, 0.29) is 0 Å². The van der Waals surface area contributed by atoms with Crippen LogP contribution in [0, 0.1) is 0 Å². The number of aromatic nitrogens is 1. The van der Waals surface area contributed by atoms with E-state index >= 15 is 0 Å². The standard InChI is InChI=1S/C42H29NO/c1-2-8-28(9-3-1)32-20-24-40-37(26-32)35-10-4-6-12-39(35)43(40)34-22-18-30(19-23-34)29-14-16-31(17-15-29)33-21-25-42-38(27-33)36-11-5-7-13-41(36)44-42/h1-5,7-11,13-27H,6,12H2. The second kappa shape index (κ2) is 10.00. The van der Waals surface area contributed by atoms with Crippen molar-refractivity contribution in [3.63, 3.8) is 0 Å². The Morgan fingerprint density at radius 1 is 0.477 bits per heavy atom. The molecule has 0 N–H and O–H groups in total. The van der Waals surface area contributed by atoms with Gasteiger partial charge < -0.3 is 8.98 Å². The van der Waals surface area contributed by atoms with Crippen molar-refractivity contribution in [3.05, 3.63) is 157 Å². The summed E-state index contributed by atoms with van der Waals surface area (Å²) >= 11 is 0. The summed E-state index contributed by atoms with van der Waals surface area (Å²) in [6.07, 6.45) is 6.74. The van der Waals surface area contributed by atoms with Crippen LogP contribution in [0.25, 0.3) is 78.0 Å². The predicted octanol–water partition coefficient (Wildman–Crippen LogP) is 11.5. The smallest absolute Gasteiger partial charge is 0.135 e. The van der Waals surface area contributed by atoms with E-state index in [2.05, 4.69) is 144 Å². The lowest BCUT2D eigenvalue weighted by atomic mass is 9.99. The Bertz CT molecular complexity index is 2350. The normalized spacial score (nSPS) is 12.7. The first-order valence-corrected chi connectivity index (χ1v) is 15.3. The molecule has 6 aromatic carbocycles. The van der Waals surface area contributed by atoms with Crippen LogP contribution in [0.2, 0.25) is 0 Å². The highest BCUT2D eigenvalue weighted by molar-refractivity contribution is 6.06. The highest BCUT2D eigenvalue weighted by atomic mass is 16.3. The minimum Gasteiger partial charge on any atom is -0.456 e. The molecular weight excluding hydrogens is 534 g/mol. The molecule has 0 spiro atoms. The number of nitrogens with zero attached hydrogens (tertiary/aromatic N) is 1. The van der Waals surface area contributed by atoms with Gasteiger partial charge in [0.25, 0.3) is 0 Å². The minimum absolute atomic E-state index is 0.927. The van der Waals surface area contributed by atoms with E-state index in [1.165, 1.54) is 61.2 Å². The first kappa shape index (κ1) is 24.9. The van der Waals surface area contributed by atoms with Crippen LogP contribution in [-0.2, 0) is 6.42 Å². The monoisotopic (exact) mass is 563 g/mol. The van der Waals surface area contributed by atoms with Crippen LogP contribution in [0.1, 0.15) is 17.7 Å². The lowest BCUT2D eigenvalue weighted by molar-refractivity contribution is 0.669. The van der Waals surface area contributed by atoms with Crippen LogP contribution >= 0.6 is 0 Å². The van der Waals surface area contributed by atoms with Gasteiger partial charge >= 0.3 is 0 Å². The van der Waals surface area contributed by atoms with Crippen LogP contribution in [0.3, 0.4) is 0 Å². The highest BCUT2D eigenvalue weighted by Gasteiger charge is 2.19. The van der Waals surface area contributed by atoms with E-state index in [1.807, 2.05) is 12.1 Å². The zero-order valence-electron chi connectivity index (χ0n) is 24.2. The van der Waals surface area contributed by atoms with E-state index in [9.17, 15) is 0 Å². The predicted molar refractivity (Wildman–Crippen MR) is 184 cm³/mol. The zero-order chi connectivity index (χ0) is 29.0. The highest BCUT2D eigenvalue weighted by Crippen LogP contribution is 2.37. The van der Waals surface area contributed by atoms with Gasteiger partial charge in [-0.2, -0.15) is 0 Å². The molecule has 208 valence electrons. The molecule has 0 saturated carbocycles. The molecule has 0 unspecified atom stereocenters. The summed E-state index contributed by atoms with van der Waals surface area (Å²) in [5.41, 5.74) is 14.4. The van der Waals surface area contributed by atoms with Gasteiger partial charge in [-0.3, -0.25) is 0 Å². The fraction of sp³-hybridized carbons (Fsp3) is 0.0476. The summed E-state index contributed by atoms with van der Waals surface area (Å²) in [6.45, 7) is 0. The van der Waals surface area contributed by atoms with E-state index < -0.39 is 0 Å². The largest absolute Gasteiger partial charge is 0.456 e. The van der Waals surface area contributed by atoms with Gasteiger partial charge in [0.2, 0.25) is 0 Å². The Morgan fingerprint density at radius 3 is 1.86 bits per heavy atom. The number of hydrogen-bond donors (Lipinski definition) is 0. The summed E-state index contributed by atoms with van der Waals surface area (Å²) in [6, 6.07) is 50.2. The number of para-hydroxylation sites is 1. The molecule has 2 aromatic heterocycles. The van der Waals surface area contributed by atoms with Crippen molar-refractivity contribution in [1.82, 2.24) is 4.57 Å². The van der Waals surface area contributed by atoms with Crippen LogP contribution in [-0.4, -0.2) is 4.57 Å². The second-order valence-electron chi connectivity index (χ2n) is 11.7. The molecule has 0 amide bonds. The summed E-state index contributed by atoms with van der Waals surface area (Å²) in [5.74, 6) is 0. The number of rotatable bonds is 4. The molecule has 2 nitrogen and oxygen atoms in total. The number of hydrogen-bond acceptors (Lipinski definition) is 1. The van der Waals surface area contributed by atoms with Crippen LogP contribution in [0.4, 0.5) is 0 Å². The summed E-state index contributed by atoms with van der Waals surface area (Å²) in [5, 5.41) is 3.63. The summed E-state index contributed by atoms with van der Waals surface area (Å²) in [4.78, 5) is 0. The topological polar surface area (TPSA) is 18.1 Å². The van der Waals surface area contributed by atoms with Gasteiger partial charge in [0.1, 0.15) is 11.2 Å². The van der Waals surface area contributed by atoms with Gasteiger partial charge in [-0.15, -0.1) is 0 Å². The van der Waals surface area contributed by atoms with Gasteiger partial charge in [0, 0.05) is 33.1 Å². The molecule has 0 atom stereocenters. The molecule has 1 aliphatic carbocycles. The van der Waals surface area contributed by atoms with Crippen molar-refractivity contribution in [1.29, 1.82) is 0 Å². The third-order valence-corrected chi connectivity index (χ3v) is 9.10. The first-order chi connectivity index (χ1) is 21.8. The molecule has 0 radical (unpaired) electrons. The third-order valence-electron chi connectivity index (χ3n) is 9.10. The van der Waals surface area contributed by atoms with E-state index in [0.29, 0.717) is 0 Å². The average molecular weight is 564 g/mol. The second-order valence-corrected chi connectivity index (χ2v) is 11.7. The van der Waals surface area contributed by atoms with Gasteiger partial charge in [-0.05, 0) is 88.7 Å². The molecule has 2 heterocycles. The summed E-state index contributed by atoms with van der Waals surface area (Å²) < 4.78 is 8.49. The Morgan fingerprint density at radius 2 is 1.07 bits per heavy atom. The SMILES string of the molecule is C1=Cc2c(n(-c3ccc(-c4ccc(-c5ccc6oc7ccccc7c6c5)cc4)cc3)c3ccc(-c4ccccc4)cc23)CC1. The molecule has 8 aromatic rings. The molecule has 0 bridgehead atoms. The molecule has 1 aliphatic rings. The van der Waals surface area contributed by atoms with Crippen molar-refractivity contribution < 1.29 is 4.42 Å². The number of furan rings is 1. The number of fused-ring (bicyclic) bond motifs is 6. The van der Waals surface area contributed by atoms with Crippen molar-refractivity contribution >= 4 is 38.9 Å². The average Bonchev–Trinajstić information content (AvgIpc) is 3.64. The fourth-order valence-electron chi connectivity index (χ4n) is 6.89. The molecular formula is C42H29NO. The van der Waals surface area contributed by atoms with Crippen molar-refractivity contribution in [2.45, 2.75) is 12.8 Å². The Labute approximate surface area is 256 Å². The zero-order valence-corrected chi connectivity index (χ0v) is 24.2. The minimum atomic E-state index is 0.927. The van der Waals surface area contributed by atoms with Gasteiger partial charge in [-0.1, -0.05) is 109 Å². The quantitative estimate of drug-likeness (QED) is 0.208. The van der Waals surface area contributed by atoms with E-state index in [4.69, 9.17) is 4.42 Å². The summed E-state index contributed by atoms with van der Waals surface area (Å²) in [7, 11) is 0. The van der Waals surface area contributed by atoms with Crippen molar-refractivity contribution in [2.75, 3.05) is 0 Å². The Balaban J connectivity index is 1.05. The first-order valence-electron chi connectivity index (χ1n) is 15.3. The van der Waals surface area contributed by atoms with Gasteiger partial charge in [0.15, 0.2) is 0 Å². The molecule has 44 heavy (non-hydrogen) atoms. The molecule has 9 rings (SSSR count). The van der Waals surface area contributed by atoms with Crippen LogP contribution in [0.15, 0.2) is 150 Å². The van der Waals surface area contributed by atoms with Crippen LogP contribution in [0.5, 0.6) is 0 Å². The maximum absolute atomic E-state index is 6.03. The number of allylic oxidation sites excluding steroid dienone is 1. The lowest BCUT2D eigenvalue weighted by Gasteiger charge is -2.14. The number of benzene rings is 6. The molecule has 0 saturated heterocycles. The van der Waals surface area contributed by atoms with Crippen molar-refractivity contribution in [3.8, 4) is 39.1 Å². The Hall–Kier alpha value is -5.60. The lowest BCUT2D eigenvalue weighted by Crippen LogP contribution is -2.02. The third kappa shape index (κ3) is 4.03. The van der Waals surface area contributed by atoms with Gasteiger partial charge in [-0.25, -0.2) is 0 Å². The van der Waals surface area contributed by atoms with E-state index in [0.717, 1.165) is 34.8 Å². The van der Waals surface area contributed by atoms with E-state index in [1.54, 1.807) is 0 Å². The van der Waals surface area contributed by atoms with Gasteiger partial charge in [0.05, 0.1) is 5.52 Å². The molecule has 0 aliphatic heterocycles. The maximum Gasteiger partial charge on any atom is 0.135 e. The molecule has 0 fully saturated rings. The Kier molecular flexibility index (Phi) is 5.67. The molecule has 2 heteroatoms.